The molecule has 0 bridgehead atoms. The summed E-state index contributed by atoms with van der Waals surface area (Å²) in [5.41, 5.74) is 7.89. The maximum atomic E-state index is 3.54. The summed E-state index contributed by atoms with van der Waals surface area (Å²) in [5, 5.41) is 1.29. The van der Waals surface area contributed by atoms with Crippen molar-refractivity contribution in [1.82, 2.24) is 4.98 Å². The van der Waals surface area contributed by atoms with E-state index >= 15 is 0 Å². The molecule has 0 amide bonds. The molecular formula is C20H23N. The molecule has 0 fully saturated rings. The van der Waals surface area contributed by atoms with Gasteiger partial charge < -0.3 is 4.98 Å². The van der Waals surface area contributed by atoms with Gasteiger partial charge in [0.15, 0.2) is 0 Å². The molecule has 21 heavy (non-hydrogen) atoms. The molecule has 2 aromatic carbocycles. The van der Waals surface area contributed by atoms with Gasteiger partial charge in [-0.15, -0.1) is 0 Å². The molecule has 0 saturated heterocycles. The summed E-state index contributed by atoms with van der Waals surface area (Å²) < 4.78 is 0. The van der Waals surface area contributed by atoms with E-state index in [2.05, 4.69) is 82.1 Å². The second-order valence-corrected chi connectivity index (χ2v) is 7.03. The van der Waals surface area contributed by atoms with Crippen molar-refractivity contribution in [2.24, 2.45) is 0 Å². The highest BCUT2D eigenvalue weighted by Crippen LogP contribution is 2.29. The van der Waals surface area contributed by atoms with Gasteiger partial charge in [0.1, 0.15) is 0 Å². The minimum absolute atomic E-state index is 0.187. The van der Waals surface area contributed by atoms with Crippen molar-refractivity contribution in [3.63, 3.8) is 0 Å². The number of aryl methyl sites for hydroxylation is 2. The van der Waals surface area contributed by atoms with E-state index in [1.54, 1.807) is 0 Å². The molecule has 1 nitrogen and oxygen atoms in total. The summed E-state index contributed by atoms with van der Waals surface area (Å²) in [6.45, 7) is 11.1. The summed E-state index contributed by atoms with van der Waals surface area (Å²) in [6.07, 6.45) is 0. The molecule has 3 aromatic rings. The number of aromatic amines is 1. The maximum Gasteiger partial charge on any atom is 0.0464 e. The topological polar surface area (TPSA) is 15.8 Å². The fraction of sp³-hybridized carbons (Fsp3) is 0.300. The number of aromatic nitrogens is 1. The van der Waals surface area contributed by atoms with Gasteiger partial charge in [-0.1, -0.05) is 39.0 Å². The fourth-order valence-corrected chi connectivity index (χ4v) is 2.66. The molecule has 0 saturated carbocycles. The van der Waals surface area contributed by atoms with E-state index in [4.69, 9.17) is 0 Å². The molecule has 0 atom stereocenters. The molecule has 1 aromatic heterocycles. The van der Waals surface area contributed by atoms with E-state index in [1.165, 1.54) is 38.9 Å². The monoisotopic (exact) mass is 277 g/mol. The van der Waals surface area contributed by atoms with Gasteiger partial charge in [-0.05, 0) is 65.8 Å². The second-order valence-electron chi connectivity index (χ2n) is 7.03. The summed E-state index contributed by atoms with van der Waals surface area (Å²) in [7, 11) is 0. The van der Waals surface area contributed by atoms with Crippen LogP contribution in [0, 0.1) is 13.8 Å². The van der Waals surface area contributed by atoms with E-state index in [9.17, 15) is 0 Å². The van der Waals surface area contributed by atoms with Gasteiger partial charge in [-0.3, -0.25) is 0 Å². The van der Waals surface area contributed by atoms with Crippen LogP contribution in [0.5, 0.6) is 0 Å². The lowest BCUT2D eigenvalue weighted by Gasteiger charge is -2.18. The molecule has 0 radical (unpaired) electrons. The Hall–Kier alpha value is -2.02. The van der Waals surface area contributed by atoms with Crippen LogP contribution < -0.4 is 0 Å². The Morgan fingerprint density at radius 2 is 1.57 bits per heavy atom. The molecule has 0 unspecified atom stereocenters. The van der Waals surface area contributed by atoms with Gasteiger partial charge in [0, 0.05) is 16.6 Å². The van der Waals surface area contributed by atoms with Crippen LogP contribution in [0.25, 0.3) is 22.2 Å². The van der Waals surface area contributed by atoms with Crippen molar-refractivity contribution in [2.75, 3.05) is 0 Å². The predicted octanol–water partition coefficient (Wildman–Crippen LogP) is 5.75. The van der Waals surface area contributed by atoms with Gasteiger partial charge in [0.25, 0.3) is 0 Å². The average Bonchev–Trinajstić information content (AvgIpc) is 2.83. The van der Waals surface area contributed by atoms with Crippen LogP contribution in [0.2, 0.25) is 0 Å². The van der Waals surface area contributed by atoms with E-state index in [0.717, 1.165) is 0 Å². The molecule has 0 spiro atoms. The lowest BCUT2D eigenvalue weighted by molar-refractivity contribution is 0.591. The molecule has 0 aliphatic heterocycles. The number of fused-ring (bicyclic) bond motifs is 1. The third-order valence-electron chi connectivity index (χ3n) is 4.30. The van der Waals surface area contributed by atoms with Gasteiger partial charge in [0.05, 0.1) is 0 Å². The van der Waals surface area contributed by atoms with Crippen LogP contribution in [0.4, 0.5) is 0 Å². The first kappa shape index (κ1) is 13.9. The zero-order chi connectivity index (χ0) is 15.2. The average molecular weight is 277 g/mol. The molecule has 1 N–H and O–H groups in total. The van der Waals surface area contributed by atoms with E-state index < -0.39 is 0 Å². The second kappa shape index (κ2) is 4.77. The molecule has 0 aliphatic rings. The number of nitrogens with one attached hydrogen (secondary N) is 1. The Bertz CT molecular complexity index is 800. The first-order chi connectivity index (χ1) is 9.84. The van der Waals surface area contributed by atoms with E-state index in [1.807, 2.05) is 0 Å². The third kappa shape index (κ3) is 2.61. The minimum atomic E-state index is 0.187. The zero-order valence-corrected chi connectivity index (χ0v) is 13.5. The molecular weight excluding hydrogens is 254 g/mol. The van der Waals surface area contributed by atoms with Crippen LogP contribution in [-0.4, -0.2) is 4.98 Å². The Morgan fingerprint density at radius 1 is 0.810 bits per heavy atom. The molecule has 3 rings (SSSR count). The summed E-state index contributed by atoms with van der Waals surface area (Å²) in [4.78, 5) is 3.54. The number of rotatable bonds is 1. The van der Waals surface area contributed by atoms with Gasteiger partial charge in [0.2, 0.25) is 0 Å². The fourth-order valence-electron chi connectivity index (χ4n) is 2.66. The Balaban J connectivity index is 2.10. The molecule has 1 heterocycles. The largest absolute Gasteiger partial charge is 0.355 e. The van der Waals surface area contributed by atoms with Crippen LogP contribution in [0.15, 0.2) is 42.5 Å². The van der Waals surface area contributed by atoms with Crippen molar-refractivity contribution < 1.29 is 0 Å². The first-order valence-corrected chi connectivity index (χ1v) is 7.55. The number of hydrogen-bond donors (Lipinski definition) is 1. The summed E-state index contributed by atoms with van der Waals surface area (Å²) >= 11 is 0. The van der Waals surface area contributed by atoms with Crippen molar-refractivity contribution in [3.8, 4) is 11.3 Å². The minimum Gasteiger partial charge on any atom is -0.355 e. The zero-order valence-electron chi connectivity index (χ0n) is 13.5. The van der Waals surface area contributed by atoms with Crippen molar-refractivity contribution in [2.45, 2.75) is 40.0 Å². The highest BCUT2D eigenvalue weighted by molar-refractivity contribution is 5.86. The van der Waals surface area contributed by atoms with Crippen molar-refractivity contribution in [1.29, 1.82) is 0 Å². The molecule has 0 aliphatic carbocycles. The van der Waals surface area contributed by atoms with Crippen LogP contribution in [-0.2, 0) is 5.41 Å². The van der Waals surface area contributed by atoms with Crippen LogP contribution in [0.1, 0.15) is 37.5 Å². The Morgan fingerprint density at radius 3 is 2.24 bits per heavy atom. The van der Waals surface area contributed by atoms with E-state index in [0.29, 0.717) is 0 Å². The van der Waals surface area contributed by atoms with Gasteiger partial charge in [-0.25, -0.2) is 0 Å². The number of hydrogen-bond acceptors (Lipinski definition) is 0. The molecule has 1 heteroatoms. The smallest absolute Gasteiger partial charge is 0.0464 e. The standard InChI is InChI=1S/C20H23N/c1-13-6-7-15(10-14(13)2)19-12-16-11-17(20(3,4)5)8-9-18(16)21-19/h6-12,21H,1-5H3. The van der Waals surface area contributed by atoms with Crippen LogP contribution >= 0.6 is 0 Å². The maximum absolute atomic E-state index is 3.54. The van der Waals surface area contributed by atoms with Crippen molar-refractivity contribution >= 4 is 10.9 Å². The third-order valence-corrected chi connectivity index (χ3v) is 4.30. The lowest BCUT2D eigenvalue weighted by atomic mass is 9.86. The van der Waals surface area contributed by atoms with Crippen LogP contribution in [0.3, 0.4) is 0 Å². The van der Waals surface area contributed by atoms with E-state index in [-0.39, 0.29) is 5.41 Å². The summed E-state index contributed by atoms with van der Waals surface area (Å²) in [5.74, 6) is 0. The predicted molar refractivity (Wildman–Crippen MR) is 91.9 cm³/mol. The number of benzene rings is 2. The quantitative estimate of drug-likeness (QED) is 0.583. The SMILES string of the molecule is Cc1ccc(-c2cc3cc(C(C)(C)C)ccc3[nH]2)cc1C. The summed E-state index contributed by atoms with van der Waals surface area (Å²) in [6, 6.07) is 15.6. The lowest BCUT2D eigenvalue weighted by Crippen LogP contribution is -2.10. The highest BCUT2D eigenvalue weighted by Gasteiger charge is 2.14. The van der Waals surface area contributed by atoms with Gasteiger partial charge >= 0.3 is 0 Å². The highest BCUT2D eigenvalue weighted by atomic mass is 14.7. The first-order valence-electron chi connectivity index (χ1n) is 7.55. The van der Waals surface area contributed by atoms with Crippen molar-refractivity contribution in [3.05, 3.63) is 59.2 Å². The molecule has 108 valence electrons. The van der Waals surface area contributed by atoms with Gasteiger partial charge in [-0.2, -0.15) is 0 Å². The normalized spacial score (nSPS) is 12.0. The number of H-pyrrole nitrogens is 1. The Kier molecular flexibility index (Phi) is 3.16. The Labute approximate surface area is 127 Å².